The molecule has 0 saturated carbocycles. The van der Waals surface area contributed by atoms with Crippen LogP contribution in [0.1, 0.15) is 11.1 Å². The largest absolute Gasteiger partial charge is 0.367 e. The normalized spacial score (nSPS) is 10.7. The summed E-state index contributed by atoms with van der Waals surface area (Å²) >= 11 is 0. The molecule has 0 saturated heterocycles. The molecule has 1 heterocycles. The molecule has 0 unspecified atom stereocenters. The fraction of sp³-hybridized carbons (Fsp3) is 0.0714. The molecule has 92 valence electrons. The van der Waals surface area contributed by atoms with Gasteiger partial charge < -0.3 is 10.3 Å². The molecule has 2 rings (SSSR count). The van der Waals surface area contributed by atoms with Crippen LogP contribution >= 0.6 is 0 Å². The Morgan fingerprint density at radius 1 is 1.28 bits per heavy atom. The van der Waals surface area contributed by atoms with Crippen molar-refractivity contribution in [1.82, 2.24) is 10.3 Å². The predicted octanol–water partition coefficient (Wildman–Crippen LogP) is 2.48. The number of carbonyl (C=O) groups is 1. The van der Waals surface area contributed by atoms with Gasteiger partial charge in [-0.2, -0.15) is 0 Å². The van der Waals surface area contributed by atoms with E-state index < -0.39 is 0 Å². The lowest BCUT2D eigenvalue weighted by Crippen LogP contribution is -2.19. The van der Waals surface area contributed by atoms with E-state index in [0.29, 0.717) is 6.54 Å². The van der Waals surface area contributed by atoms with Crippen LogP contribution in [0.2, 0.25) is 0 Å². The van der Waals surface area contributed by atoms with Gasteiger partial charge in [-0.3, -0.25) is 4.79 Å². The first-order valence-electron chi connectivity index (χ1n) is 5.57. The second-order valence-corrected chi connectivity index (χ2v) is 3.82. The van der Waals surface area contributed by atoms with Crippen LogP contribution in [0.5, 0.6) is 0 Å². The molecular formula is C14H13FN2O. The maximum Gasteiger partial charge on any atom is 0.244 e. The average molecular weight is 244 g/mol. The van der Waals surface area contributed by atoms with Gasteiger partial charge in [0, 0.05) is 25.0 Å². The molecule has 1 amide bonds. The van der Waals surface area contributed by atoms with Crippen LogP contribution in [0.4, 0.5) is 4.39 Å². The minimum atomic E-state index is -0.288. The SMILES string of the molecule is O=C(/C=C/c1ccc(F)cc1)NCc1cc[nH]c1. The molecule has 0 atom stereocenters. The molecule has 0 aliphatic heterocycles. The fourth-order valence-corrected chi connectivity index (χ4v) is 1.46. The molecule has 0 bridgehead atoms. The van der Waals surface area contributed by atoms with Gasteiger partial charge in [-0.15, -0.1) is 0 Å². The van der Waals surface area contributed by atoms with E-state index in [4.69, 9.17) is 0 Å². The number of H-pyrrole nitrogens is 1. The van der Waals surface area contributed by atoms with Crippen molar-refractivity contribution in [3.63, 3.8) is 0 Å². The number of hydrogen-bond donors (Lipinski definition) is 2. The van der Waals surface area contributed by atoms with E-state index in [0.717, 1.165) is 11.1 Å². The number of aromatic nitrogens is 1. The summed E-state index contributed by atoms with van der Waals surface area (Å²) in [4.78, 5) is 14.4. The number of benzene rings is 1. The topological polar surface area (TPSA) is 44.9 Å². The van der Waals surface area contributed by atoms with Crippen molar-refractivity contribution < 1.29 is 9.18 Å². The highest BCUT2D eigenvalue weighted by molar-refractivity contribution is 5.91. The monoisotopic (exact) mass is 244 g/mol. The molecule has 2 aromatic rings. The van der Waals surface area contributed by atoms with Gasteiger partial charge in [-0.1, -0.05) is 12.1 Å². The van der Waals surface area contributed by atoms with Crippen molar-refractivity contribution in [1.29, 1.82) is 0 Å². The van der Waals surface area contributed by atoms with E-state index in [2.05, 4.69) is 10.3 Å². The lowest BCUT2D eigenvalue weighted by molar-refractivity contribution is -0.116. The quantitative estimate of drug-likeness (QED) is 0.797. The van der Waals surface area contributed by atoms with E-state index in [9.17, 15) is 9.18 Å². The van der Waals surface area contributed by atoms with Crippen LogP contribution in [0, 0.1) is 5.82 Å². The molecule has 3 nitrogen and oxygen atoms in total. The number of amides is 1. The number of hydrogen-bond acceptors (Lipinski definition) is 1. The second-order valence-electron chi connectivity index (χ2n) is 3.82. The summed E-state index contributed by atoms with van der Waals surface area (Å²) in [7, 11) is 0. The number of halogens is 1. The molecule has 0 aliphatic carbocycles. The Morgan fingerprint density at radius 2 is 2.06 bits per heavy atom. The van der Waals surface area contributed by atoms with Crippen molar-refractivity contribution in [3.05, 3.63) is 65.7 Å². The Morgan fingerprint density at radius 3 is 2.72 bits per heavy atom. The highest BCUT2D eigenvalue weighted by Crippen LogP contribution is 2.04. The fourth-order valence-electron chi connectivity index (χ4n) is 1.46. The minimum Gasteiger partial charge on any atom is -0.367 e. The summed E-state index contributed by atoms with van der Waals surface area (Å²) in [5.41, 5.74) is 1.80. The van der Waals surface area contributed by atoms with Crippen molar-refractivity contribution in [2.45, 2.75) is 6.54 Å². The molecule has 0 fully saturated rings. The lowest BCUT2D eigenvalue weighted by Gasteiger charge is -1.99. The van der Waals surface area contributed by atoms with Gasteiger partial charge >= 0.3 is 0 Å². The van der Waals surface area contributed by atoms with Gasteiger partial charge in [0.2, 0.25) is 5.91 Å². The standard InChI is InChI=1S/C14H13FN2O/c15-13-4-1-11(2-5-13)3-6-14(18)17-10-12-7-8-16-9-12/h1-9,16H,10H2,(H,17,18)/b6-3+. The number of rotatable bonds is 4. The Labute approximate surface area is 104 Å². The first-order valence-corrected chi connectivity index (χ1v) is 5.57. The third-order valence-corrected chi connectivity index (χ3v) is 2.43. The van der Waals surface area contributed by atoms with Crippen LogP contribution in [0.15, 0.2) is 48.8 Å². The van der Waals surface area contributed by atoms with Crippen LogP contribution in [0.25, 0.3) is 6.08 Å². The Kier molecular flexibility index (Phi) is 3.91. The van der Waals surface area contributed by atoms with Gasteiger partial charge in [-0.25, -0.2) is 4.39 Å². The van der Waals surface area contributed by atoms with E-state index in [1.54, 1.807) is 24.4 Å². The maximum atomic E-state index is 12.7. The zero-order chi connectivity index (χ0) is 12.8. The van der Waals surface area contributed by atoms with Crippen molar-refractivity contribution >= 4 is 12.0 Å². The molecule has 0 spiro atoms. The van der Waals surface area contributed by atoms with Crippen LogP contribution in [0.3, 0.4) is 0 Å². The van der Waals surface area contributed by atoms with Crippen molar-refractivity contribution in [2.24, 2.45) is 0 Å². The summed E-state index contributed by atoms with van der Waals surface area (Å²) in [6, 6.07) is 7.84. The molecule has 18 heavy (non-hydrogen) atoms. The molecule has 0 aliphatic rings. The molecule has 1 aromatic heterocycles. The number of carbonyl (C=O) groups excluding carboxylic acids is 1. The van der Waals surface area contributed by atoms with Gasteiger partial charge in [-0.05, 0) is 35.4 Å². The summed E-state index contributed by atoms with van der Waals surface area (Å²) in [6.07, 6.45) is 6.70. The third kappa shape index (κ3) is 3.59. The lowest BCUT2D eigenvalue weighted by atomic mass is 10.2. The molecular weight excluding hydrogens is 231 g/mol. The van der Waals surface area contributed by atoms with E-state index >= 15 is 0 Å². The number of aromatic amines is 1. The highest BCUT2D eigenvalue weighted by Gasteiger charge is 1.97. The van der Waals surface area contributed by atoms with Gasteiger partial charge in [0.1, 0.15) is 5.82 Å². The van der Waals surface area contributed by atoms with Crippen LogP contribution in [-0.4, -0.2) is 10.9 Å². The molecule has 0 radical (unpaired) electrons. The zero-order valence-electron chi connectivity index (χ0n) is 9.69. The van der Waals surface area contributed by atoms with Crippen LogP contribution < -0.4 is 5.32 Å². The molecule has 2 N–H and O–H groups in total. The summed E-state index contributed by atoms with van der Waals surface area (Å²) < 4.78 is 12.7. The number of nitrogens with one attached hydrogen (secondary N) is 2. The van der Waals surface area contributed by atoms with Crippen molar-refractivity contribution in [3.8, 4) is 0 Å². The van der Waals surface area contributed by atoms with Gasteiger partial charge in [0.05, 0.1) is 0 Å². The van der Waals surface area contributed by atoms with E-state index in [-0.39, 0.29) is 11.7 Å². The Hall–Kier alpha value is -2.36. The smallest absolute Gasteiger partial charge is 0.244 e. The minimum absolute atomic E-state index is 0.180. The Bertz CT molecular complexity index is 529. The first-order chi connectivity index (χ1) is 8.74. The first kappa shape index (κ1) is 12.1. The highest BCUT2D eigenvalue weighted by atomic mass is 19.1. The van der Waals surface area contributed by atoms with Crippen molar-refractivity contribution in [2.75, 3.05) is 0 Å². The van der Waals surface area contributed by atoms with Gasteiger partial charge in [0.15, 0.2) is 0 Å². The second kappa shape index (κ2) is 5.82. The third-order valence-electron chi connectivity index (χ3n) is 2.43. The molecule has 1 aromatic carbocycles. The summed E-state index contributed by atoms with van der Waals surface area (Å²) in [5.74, 6) is -0.468. The van der Waals surface area contributed by atoms with E-state index in [1.165, 1.54) is 18.2 Å². The maximum absolute atomic E-state index is 12.7. The zero-order valence-corrected chi connectivity index (χ0v) is 9.69. The summed E-state index contributed by atoms with van der Waals surface area (Å²) in [6.45, 7) is 0.482. The van der Waals surface area contributed by atoms with E-state index in [1.807, 2.05) is 12.3 Å². The van der Waals surface area contributed by atoms with Crippen LogP contribution in [-0.2, 0) is 11.3 Å². The molecule has 4 heteroatoms. The average Bonchev–Trinajstić information content (AvgIpc) is 2.89. The summed E-state index contributed by atoms with van der Waals surface area (Å²) in [5, 5.41) is 2.75. The van der Waals surface area contributed by atoms with Gasteiger partial charge in [0.25, 0.3) is 0 Å². The Balaban J connectivity index is 1.85. The predicted molar refractivity (Wildman–Crippen MR) is 68.1 cm³/mol.